The Hall–Kier alpha value is -0.910. The van der Waals surface area contributed by atoms with Gasteiger partial charge >= 0.3 is 0 Å². The first-order valence-electron chi connectivity index (χ1n) is 4.64. The minimum atomic E-state index is -1.65. The number of rotatable bonds is 4. The predicted molar refractivity (Wildman–Crippen MR) is 57.1 cm³/mol. The van der Waals surface area contributed by atoms with Gasteiger partial charge in [-0.25, -0.2) is 8.78 Å². The zero-order chi connectivity index (χ0) is 12.3. The second-order valence-electron chi connectivity index (χ2n) is 3.39. The molecule has 1 aromatic carbocycles. The predicted octanol–water partition coefficient (Wildman–Crippen LogP) is 1.57. The van der Waals surface area contributed by atoms with Gasteiger partial charge in [-0.1, -0.05) is 0 Å². The van der Waals surface area contributed by atoms with Crippen molar-refractivity contribution in [3.8, 4) is 0 Å². The Morgan fingerprint density at radius 3 is 2.19 bits per heavy atom. The van der Waals surface area contributed by atoms with E-state index in [9.17, 15) is 19.0 Å². The zero-order valence-electron chi connectivity index (χ0n) is 8.33. The lowest BCUT2D eigenvalue weighted by Gasteiger charge is -2.18. The van der Waals surface area contributed by atoms with E-state index in [0.717, 1.165) is 12.1 Å². The average Bonchev–Trinajstić information content (AvgIpc) is 2.16. The molecule has 1 rings (SSSR count). The molecule has 90 valence electrons. The van der Waals surface area contributed by atoms with Crippen molar-refractivity contribution in [3.05, 3.63) is 29.3 Å². The molecular weight excluding hydrogens is 240 g/mol. The smallest absolute Gasteiger partial charge is 0.134 e. The van der Waals surface area contributed by atoms with E-state index in [1.54, 1.807) is 0 Å². The minimum absolute atomic E-state index is 0.0337. The summed E-state index contributed by atoms with van der Waals surface area (Å²) in [6.45, 7) is 0. The number of alkyl halides is 1. The highest BCUT2D eigenvalue weighted by atomic mass is 35.5. The molecule has 0 heterocycles. The second kappa shape index (κ2) is 5.43. The van der Waals surface area contributed by atoms with Gasteiger partial charge in [-0.3, -0.25) is 0 Å². The van der Waals surface area contributed by atoms with Crippen LogP contribution in [0.4, 0.5) is 14.5 Å². The van der Waals surface area contributed by atoms with Crippen molar-refractivity contribution in [3.63, 3.8) is 0 Å². The molecule has 1 aromatic rings. The fourth-order valence-electron chi connectivity index (χ4n) is 1.35. The van der Waals surface area contributed by atoms with Crippen molar-refractivity contribution in [2.75, 3.05) is 11.6 Å². The van der Waals surface area contributed by atoms with Crippen molar-refractivity contribution < 1.29 is 19.0 Å². The molecule has 4 N–H and O–H groups in total. The Bertz CT molecular complexity index is 353. The minimum Gasteiger partial charge on any atom is -0.399 e. The standard InChI is InChI=1S/C10H12ClF2NO2/c11-2-1-8(15)10(16)9-6(12)3-5(14)4-7(9)13/h3-4,8,10,15-16H,1-2,14H2. The van der Waals surface area contributed by atoms with E-state index in [0.29, 0.717) is 0 Å². The highest BCUT2D eigenvalue weighted by Gasteiger charge is 2.25. The Morgan fingerprint density at radius 1 is 1.25 bits per heavy atom. The Balaban J connectivity index is 3.03. The quantitative estimate of drug-likeness (QED) is 0.562. The van der Waals surface area contributed by atoms with Gasteiger partial charge < -0.3 is 15.9 Å². The van der Waals surface area contributed by atoms with Crippen LogP contribution >= 0.6 is 11.6 Å². The molecular formula is C10H12ClF2NO2. The molecule has 0 spiro atoms. The van der Waals surface area contributed by atoms with Gasteiger partial charge in [0.2, 0.25) is 0 Å². The van der Waals surface area contributed by atoms with Crippen LogP contribution in [0.1, 0.15) is 18.1 Å². The number of hydrogen-bond acceptors (Lipinski definition) is 3. The van der Waals surface area contributed by atoms with Gasteiger partial charge in [0.1, 0.15) is 17.7 Å². The van der Waals surface area contributed by atoms with Crippen molar-refractivity contribution >= 4 is 17.3 Å². The summed E-state index contributed by atoms with van der Waals surface area (Å²) in [5.74, 6) is -1.89. The second-order valence-corrected chi connectivity index (χ2v) is 3.77. The Labute approximate surface area is 96.5 Å². The number of aliphatic hydroxyl groups excluding tert-OH is 2. The van der Waals surface area contributed by atoms with Crippen LogP contribution in [0.2, 0.25) is 0 Å². The van der Waals surface area contributed by atoms with Crippen molar-refractivity contribution in [1.82, 2.24) is 0 Å². The van der Waals surface area contributed by atoms with Crippen LogP contribution < -0.4 is 5.73 Å². The molecule has 0 amide bonds. The lowest BCUT2D eigenvalue weighted by molar-refractivity contribution is 0.0127. The molecule has 0 aliphatic carbocycles. The molecule has 16 heavy (non-hydrogen) atoms. The third kappa shape index (κ3) is 2.81. The lowest BCUT2D eigenvalue weighted by Crippen LogP contribution is -2.21. The summed E-state index contributed by atoms with van der Waals surface area (Å²) in [4.78, 5) is 0. The Kier molecular flexibility index (Phi) is 4.46. The summed E-state index contributed by atoms with van der Waals surface area (Å²) in [6, 6.07) is 1.77. The number of benzene rings is 1. The van der Waals surface area contributed by atoms with Gasteiger partial charge in [0.25, 0.3) is 0 Å². The summed E-state index contributed by atoms with van der Waals surface area (Å²) in [5, 5.41) is 18.9. The van der Waals surface area contributed by atoms with Gasteiger partial charge in [0, 0.05) is 11.6 Å². The van der Waals surface area contributed by atoms with E-state index in [1.165, 1.54) is 0 Å². The average molecular weight is 252 g/mol. The zero-order valence-corrected chi connectivity index (χ0v) is 9.09. The first kappa shape index (κ1) is 13.2. The topological polar surface area (TPSA) is 66.5 Å². The number of hydrogen-bond donors (Lipinski definition) is 3. The molecule has 0 radical (unpaired) electrons. The van der Waals surface area contributed by atoms with E-state index in [2.05, 4.69) is 0 Å². The van der Waals surface area contributed by atoms with Crippen LogP contribution in [0.25, 0.3) is 0 Å². The Morgan fingerprint density at radius 2 is 1.75 bits per heavy atom. The van der Waals surface area contributed by atoms with E-state index in [4.69, 9.17) is 17.3 Å². The fraction of sp³-hybridized carbons (Fsp3) is 0.400. The van der Waals surface area contributed by atoms with Crippen LogP contribution in [0.15, 0.2) is 12.1 Å². The molecule has 0 saturated carbocycles. The van der Waals surface area contributed by atoms with Crippen molar-refractivity contribution in [2.45, 2.75) is 18.6 Å². The third-order valence-corrected chi connectivity index (χ3v) is 2.38. The molecule has 0 bridgehead atoms. The molecule has 2 atom stereocenters. The van der Waals surface area contributed by atoms with Crippen LogP contribution in [-0.4, -0.2) is 22.2 Å². The number of aliphatic hydroxyl groups is 2. The van der Waals surface area contributed by atoms with Gasteiger partial charge in [0.05, 0.1) is 11.7 Å². The van der Waals surface area contributed by atoms with Gasteiger partial charge in [-0.2, -0.15) is 0 Å². The summed E-state index contributed by atoms with van der Waals surface area (Å²) >= 11 is 5.35. The number of anilines is 1. The molecule has 0 aromatic heterocycles. The third-order valence-electron chi connectivity index (χ3n) is 2.17. The summed E-state index contributed by atoms with van der Waals surface area (Å²) in [6.07, 6.45) is -2.93. The van der Waals surface area contributed by atoms with Crippen LogP contribution in [0.5, 0.6) is 0 Å². The van der Waals surface area contributed by atoms with E-state index >= 15 is 0 Å². The first-order valence-corrected chi connectivity index (χ1v) is 5.17. The van der Waals surface area contributed by atoms with Gasteiger partial charge in [-0.15, -0.1) is 11.6 Å². The maximum absolute atomic E-state index is 13.3. The van der Waals surface area contributed by atoms with Crippen LogP contribution in [-0.2, 0) is 0 Å². The molecule has 2 unspecified atom stereocenters. The van der Waals surface area contributed by atoms with E-state index in [1.807, 2.05) is 0 Å². The number of nitrogens with two attached hydrogens (primary N) is 1. The molecule has 0 saturated heterocycles. The number of halogens is 3. The van der Waals surface area contributed by atoms with Crippen molar-refractivity contribution in [1.29, 1.82) is 0 Å². The van der Waals surface area contributed by atoms with Gasteiger partial charge in [0.15, 0.2) is 0 Å². The molecule has 3 nitrogen and oxygen atoms in total. The van der Waals surface area contributed by atoms with Crippen LogP contribution in [0.3, 0.4) is 0 Å². The summed E-state index contributed by atoms with van der Waals surface area (Å²) in [7, 11) is 0. The highest BCUT2D eigenvalue weighted by molar-refractivity contribution is 6.17. The monoisotopic (exact) mass is 251 g/mol. The fourth-order valence-corrected chi connectivity index (χ4v) is 1.57. The summed E-state index contributed by atoms with van der Waals surface area (Å²) < 4.78 is 26.7. The summed E-state index contributed by atoms with van der Waals surface area (Å²) in [5.41, 5.74) is 4.54. The van der Waals surface area contributed by atoms with Gasteiger partial charge in [-0.05, 0) is 18.6 Å². The van der Waals surface area contributed by atoms with E-state index < -0.39 is 29.4 Å². The maximum atomic E-state index is 13.3. The SMILES string of the molecule is Nc1cc(F)c(C(O)C(O)CCCl)c(F)c1. The maximum Gasteiger partial charge on any atom is 0.134 e. The van der Waals surface area contributed by atoms with E-state index in [-0.39, 0.29) is 18.0 Å². The molecule has 6 heteroatoms. The molecule has 0 fully saturated rings. The lowest BCUT2D eigenvalue weighted by atomic mass is 10.0. The highest BCUT2D eigenvalue weighted by Crippen LogP contribution is 2.26. The van der Waals surface area contributed by atoms with Crippen LogP contribution in [0, 0.1) is 11.6 Å². The number of nitrogen functional groups attached to an aromatic ring is 1. The largest absolute Gasteiger partial charge is 0.399 e. The molecule has 0 aliphatic heterocycles. The van der Waals surface area contributed by atoms with Crippen molar-refractivity contribution in [2.24, 2.45) is 0 Å². The normalized spacial score (nSPS) is 14.8. The molecule has 0 aliphatic rings. The first-order chi connectivity index (χ1) is 7.47.